The number of pyridine rings is 1. The molecule has 0 fully saturated rings. The van der Waals surface area contributed by atoms with Gasteiger partial charge in [-0.1, -0.05) is 25.1 Å². The molecule has 0 aliphatic carbocycles. The second-order valence-electron chi connectivity index (χ2n) is 5.57. The van der Waals surface area contributed by atoms with E-state index in [1.54, 1.807) is 12.3 Å². The van der Waals surface area contributed by atoms with Crippen LogP contribution in [-0.2, 0) is 0 Å². The fourth-order valence-electron chi connectivity index (χ4n) is 2.59. The standard InChI is InChI=1S/C18H19N5O/c1-3-15(16-10-12(2)8-9-19-16)22-18(24)14-7-5-4-6-13(14)17-20-11-21-23-17/h4-11,15H,3H2,1-2H3,(H,22,24)(H,20,21,23)/t15-/m1/s1. The molecule has 1 amide bonds. The van der Waals surface area contributed by atoms with E-state index in [0.29, 0.717) is 11.4 Å². The van der Waals surface area contributed by atoms with Crippen molar-refractivity contribution in [1.82, 2.24) is 25.5 Å². The van der Waals surface area contributed by atoms with Crippen LogP contribution in [0.4, 0.5) is 0 Å². The molecule has 1 atom stereocenters. The quantitative estimate of drug-likeness (QED) is 0.756. The summed E-state index contributed by atoms with van der Waals surface area (Å²) in [4.78, 5) is 21.3. The molecule has 0 aliphatic heterocycles. The normalized spacial score (nSPS) is 11.9. The van der Waals surface area contributed by atoms with Crippen LogP contribution in [0.3, 0.4) is 0 Å². The number of nitrogens with zero attached hydrogens (tertiary/aromatic N) is 3. The Kier molecular flexibility index (Phi) is 4.65. The third kappa shape index (κ3) is 3.32. The Hall–Kier alpha value is -3.02. The van der Waals surface area contributed by atoms with Crippen molar-refractivity contribution in [2.24, 2.45) is 0 Å². The van der Waals surface area contributed by atoms with Crippen LogP contribution in [0.2, 0.25) is 0 Å². The Bertz CT molecular complexity index is 829. The molecule has 0 unspecified atom stereocenters. The highest BCUT2D eigenvalue weighted by atomic mass is 16.1. The van der Waals surface area contributed by atoms with Gasteiger partial charge in [-0.15, -0.1) is 0 Å². The van der Waals surface area contributed by atoms with E-state index in [2.05, 4.69) is 25.5 Å². The molecule has 6 heteroatoms. The van der Waals surface area contributed by atoms with Gasteiger partial charge in [0.15, 0.2) is 5.82 Å². The smallest absolute Gasteiger partial charge is 0.252 e. The van der Waals surface area contributed by atoms with Crippen molar-refractivity contribution in [3.8, 4) is 11.4 Å². The fourth-order valence-corrected chi connectivity index (χ4v) is 2.59. The van der Waals surface area contributed by atoms with Gasteiger partial charge < -0.3 is 5.32 Å². The van der Waals surface area contributed by atoms with Gasteiger partial charge in [0.1, 0.15) is 6.33 Å². The van der Waals surface area contributed by atoms with Crippen molar-refractivity contribution in [2.75, 3.05) is 0 Å². The number of benzene rings is 1. The molecule has 122 valence electrons. The predicted octanol–water partition coefficient (Wildman–Crippen LogP) is 3.06. The van der Waals surface area contributed by atoms with Crippen molar-refractivity contribution < 1.29 is 4.79 Å². The van der Waals surface area contributed by atoms with Gasteiger partial charge in [0.05, 0.1) is 17.3 Å². The first kappa shape index (κ1) is 15.9. The third-order valence-corrected chi connectivity index (χ3v) is 3.85. The van der Waals surface area contributed by atoms with E-state index in [9.17, 15) is 4.79 Å². The summed E-state index contributed by atoms with van der Waals surface area (Å²) in [5, 5.41) is 9.72. The summed E-state index contributed by atoms with van der Waals surface area (Å²) in [5.41, 5.74) is 3.26. The van der Waals surface area contributed by atoms with Crippen molar-refractivity contribution in [3.63, 3.8) is 0 Å². The number of carbonyl (C=O) groups excluding carboxylic acids is 1. The number of nitrogens with one attached hydrogen (secondary N) is 2. The van der Waals surface area contributed by atoms with Crippen molar-refractivity contribution >= 4 is 5.91 Å². The van der Waals surface area contributed by atoms with Gasteiger partial charge in [0.25, 0.3) is 5.91 Å². The zero-order valence-corrected chi connectivity index (χ0v) is 13.7. The summed E-state index contributed by atoms with van der Waals surface area (Å²) in [6.45, 7) is 4.04. The maximum atomic E-state index is 12.8. The van der Waals surface area contributed by atoms with Gasteiger partial charge in [-0.3, -0.25) is 14.9 Å². The lowest BCUT2D eigenvalue weighted by Gasteiger charge is -2.18. The molecule has 0 saturated heterocycles. The monoisotopic (exact) mass is 321 g/mol. The minimum Gasteiger partial charge on any atom is -0.344 e. The molecule has 3 aromatic rings. The Morgan fingerprint density at radius 2 is 2.08 bits per heavy atom. The van der Waals surface area contributed by atoms with Gasteiger partial charge in [-0.05, 0) is 37.1 Å². The van der Waals surface area contributed by atoms with E-state index in [-0.39, 0.29) is 11.9 Å². The van der Waals surface area contributed by atoms with Crippen LogP contribution >= 0.6 is 0 Å². The summed E-state index contributed by atoms with van der Waals surface area (Å²) in [5.74, 6) is 0.416. The highest BCUT2D eigenvalue weighted by molar-refractivity contribution is 6.00. The van der Waals surface area contributed by atoms with E-state index in [4.69, 9.17) is 0 Å². The second kappa shape index (κ2) is 7.04. The maximum Gasteiger partial charge on any atom is 0.252 e. The Labute approximate surface area is 140 Å². The molecule has 3 rings (SSSR count). The lowest BCUT2D eigenvalue weighted by Crippen LogP contribution is -2.29. The number of hydrogen-bond donors (Lipinski definition) is 2. The Balaban J connectivity index is 1.87. The van der Waals surface area contributed by atoms with E-state index in [0.717, 1.165) is 23.2 Å². The Morgan fingerprint density at radius 1 is 1.25 bits per heavy atom. The lowest BCUT2D eigenvalue weighted by molar-refractivity contribution is 0.0935. The van der Waals surface area contributed by atoms with Crippen molar-refractivity contribution in [2.45, 2.75) is 26.3 Å². The van der Waals surface area contributed by atoms with Gasteiger partial charge >= 0.3 is 0 Å². The largest absolute Gasteiger partial charge is 0.344 e. The first-order valence-corrected chi connectivity index (χ1v) is 7.87. The summed E-state index contributed by atoms with van der Waals surface area (Å²) < 4.78 is 0. The molecule has 0 saturated carbocycles. The molecule has 1 aromatic carbocycles. The molecular weight excluding hydrogens is 302 g/mol. The van der Waals surface area contributed by atoms with Crippen LogP contribution < -0.4 is 5.32 Å². The maximum absolute atomic E-state index is 12.8. The number of carbonyl (C=O) groups is 1. The summed E-state index contributed by atoms with van der Waals surface area (Å²) in [6, 6.07) is 11.1. The number of rotatable bonds is 5. The molecule has 6 nitrogen and oxygen atoms in total. The number of aromatic amines is 1. The molecule has 0 spiro atoms. The Morgan fingerprint density at radius 3 is 2.79 bits per heavy atom. The molecule has 2 N–H and O–H groups in total. The fraction of sp³-hybridized carbons (Fsp3) is 0.222. The van der Waals surface area contributed by atoms with Gasteiger partial charge in [0, 0.05) is 11.8 Å². The zero-order valence-electron chi connectivity index (χ0n) is 13.7. The van der Waals surface area contributed by atoms with Gasteiger partial charge in [0.2, 0.25) is 0 Å². The highest BCUT2D eigenvalue weighted by Gasteiger charge is 2.19. The first-order chi connectivity index (χ1) is 11.7. The number of amides is 1. The number of hydrogen-bond acceptors (Lipinski definition) is 4. The number of aryl methyl sites for hydroxylation is 1. The molecule has 24 heavy (non-hydrogen) atoms. The minimum absolute atomic E-state index is 0.139. The minimum atomic E-state index is -0.155. The molecular formula is C18H19N5O. The summed E-state index contributed by atoms with van der Waals surface area (Å²) in [6.07, 6.45) is 3.95. The molecule has 0 radical (unpaired) electrons. The average Bonchev–Trinajstić information content (AvgIpc) is 3.14. The molecule has 0 aliphatic rings. The predicted molar refractivity (Wildman–Crippen MR) is 91.3 cm³/mol. The van der Waals surface area contributed by atoms with Gasteiger partial charge in [-0.2, -0.15) is 5.10 Å². The molecule has 0 bridgehead atoms. The van der Waals surface area contributed by atoms with Gasteiger partial charge in [-0.25, -0.2) is 4.98 Å². The van der Waals surface area contributed by atoms with Crippen LogP contribution in [0.15, 0.2) is 48.9 Å². The average molecular weight is 321 g/mol. The topological polar surface area (TPSA) is 83.6 Å². The lowest BCUT2D eigenvalue weighted by atomic mass is 10.0. The third-order valence-electron chi connectivity index (χ3n) is 3.85. The van der Waals surface area contributed by atoms with Crippen LogP contribution in [0.5, 0.6) is 0 Å². The molecule has 2 aromatic heterocycles. The molecule has 2 heterocycles. The zero-order chi connectivity index (χ0) is 16.9. The first-order valence-electron chi connectivity index (χ1n) is 7.87. The van der Waals surface area contributed by atoms with Crippen LogP contribution in [0.1, 0.15) is 41.0 Å². The van der Waals surface area contributed by atoms with E-state index >= 15 is 0 Å². The summed E-state index contributed by atoms with van der Waals surface area (Å²) >= 11 is 0. The van der Waals surface area contributed by atoms with E-state index in [1.165, 1.54) is 6.33 Å². The van der Waals surface area contributed by atoms with E-state index < -0.39 is 0 Å². The second-order valence-corrected chi connectivity index (χ2v) is 5.57. The van der Waals surface area contributed by atoms with Crippen LogP contribution in [0, 0.1) is 6.92 Å². The van der Waals surface area contributed by atoms with Crippen molar-refractivity contribution in [1.29, 1.82) is 0 Å². The van der Waals surface area contributed by atoms with E-state index in [1.807, 2.05) is 44.2 Å². The van der Waals surface area contributed by atoms with Crippen LogP contribution in [0.25, 0.3) is 11.4 Å². The number of aromatic nitrogens is 4. The highest BCUT2D eigenvalue weighted by Crippen LogP contribution is 2.21. The van der Waals surface area contributed by atoms with Crippen molar-refractivity contribution in [3.05, 3.63) is 65.7 Å². The SMILES string of the molecule is CC[C@@H](NC(=O)c1ccccc1-c1ncn[nH]1)c1cc(C)ccn1. The number of H-pyrrole nitrogens is 1. The summed E-state index contributed by atoms with van der Waals surface area (Å²) in [7, 11) is 0. The van der Waals surface area contributed by atoms with Crippen LogP contribution in [-0.4, -0.2) is 26.1 Å².